The Labute approximate surface area is 95.8 Å². The highest BCUT2D eigenvalue weighted by atomic mass is 32.1. The topological polar surface area (TPSA) is 37.3 Å². The fourth-order valence-electron chi connectivity index (χ4n) is 1.86. The number of carboxylic acids is 1. The largest absolute Gasteiger partial charge is 0.478 e. The molecule has 2 aromatic carbocycles. The van der Waals surface area contributed by atoms with E-state index in [2.05, 4.69) is 12.1 Å². The number of hydrogen-bond donors (Lipinski definition) is 1. The molecule has 2 nitrogen and oxygen atoms in total. The predicted octanol–water partition coefficient (Wildman–Crippen LogP) is 3.75. The third kappa shape index (κ3) is 1.29. The molecule has 0 atom stereocenters. The second kappa shape index (κ2) is 3.32. The van der Waals surface area contributed by atoms with Gasteiger partial charge in [-0.05, 0) is 18.2 Å². The van der Waals surface area contributed by atoms with Gasteiger partial charge in [0, 0.05) is 20.2 Å². The zero-order chi connectivity index (χ0) is 11.1. The summed E-state index contributed by atoms with van der Waals surface area (Å²) in [4.78, 5) is 10.9. The lowest BCUT2D eigenvalue weighted by molar-refractivity contribution is 0.0697. The van der Waals surface area contributed by atoms with Gasteiger partial charge in [-0.2, -0.15) is 0 Å². The second-order valence-electron chi connectivity index (χ2n) is 3.61. The van der Waals surface area contributed by atoms with E-state index in [1.165, 1.54) is 10.1 Å². The minimum absolute atomic E-state index is 0.346. The van der Waals surface area contributed by atoms with Crippen LogP contribution in [0.5, 0.6) is 0 Å². The zero-order valence-corrected chi connectivity index (χ0v) is 9.12. The molecule has 0 radical (unpaired) electrons. The molecule has 0 aliphatic heterocycles. The number of hydrogen-bond acceptors (Lipinski definition) is 2. The molecule has 0 fully saturated rings. The fraction of sp³-hybridized carbons (Fsp3) is 0. The average molecular weight is 228 g/mol. The van der Waals surface area contributed by atoms with Crippen LogP contribution < -0.4 is 0 Å². The second-order valence-corrected chi connectivity index (χ2v) is 4.70. The molecule has 1 heterocycles. The van der Waals surface area contributed by atoms with E-state index < -0.39 is 5.97 Å². The van der Waals surface area contributed by atoms with Crippen molar-refractivity contribution in [1.29, 1.82) is 0 Å². The number of fused-ring (bicyclic) bond motifs is 3. The first-order valence-electron chi connectivity index (χ1n) is 4.90. The lowest BCUT2D eigenvalue weighted by atomic mass is 10.1. The van der Waals surface area contributed by atoms with Crippen LogP contribution >= 0.6 is 11.3 Å². The van der Waals surface area contributed by atoms with Crippen molar-refractivity contribution in [3.8, 4) is 0 Å². The van der Waals surface area contributed by atoms with E-state index in [-0.39, 0.29) is 0 Å². The van der Waals surface area contributed by atoms with Crippen molar-refractivity contribution >= 4 is 37.5 Å². The van der Waals surface area contributed by atoms with E-state index in [1.54, 1.807) is 23.5 Å². The van der Waals surface area contributed by atoms with Crippen LogP contribution in [0.4, 0.5) is 0 Å². The number of carboxylic acid groups (broad SMARTS) is 1. The Bertz CT molecular complexity index is 697. The molecule has 0 saturated heterocycles. The molecule has 0 aliphatic rings. The monoisotopic (exact) mass is 228 g/mol. The van der Waals surface area contributed by atoms with Gasteiger partial charge in [0.15, 0.2) is 0 Å². The summed E-state index contributed by atoms with van der Waals surface area (Å²) in [5.74, 6) is -0.876. The number of rotatable bonds is 1. The molecule has 0 bridgehead atoms. The molecule has 0 amide bonds. The van der Waals surface area contributed by atoms with Crippen molar-refractivity contribution in [2.24, 2.45) is 0 Å². The van der Waals surface area contributed by atoms with Gasteiger partial charge in [0.1, 0.15) is 0 Å². The van der Waals surface area contributed by atoms with E-state index in [0.29, 0.717) is 5.56 Å². The van der Waals surface area contributed by atoms with Gasteiger partial charge in [0.05, 0.1) is 5.56 Å². The van der Waals surface area contributed by atoms with E-state index in [4.69, 9.17) is 5.11 Å². The maximum Gasteiger partial charge on any atom is 0.335 e. The third-order valence-electron chi connectivity index (χ3n) is 2.63. The van der Waals surface area contributed by atoms with Crippen LogP contribution in [-0.4, -0.2) is 11.1 Å². The molecule has 0 aliphatic carbocycles. The van der Waals surface area contributed by atoms with Crippen LogP contribution in [0.2, 0.25) is 0 Å². The standard InChI is InChI=1S/C13H8O2S/c14-13(15)8-5-6-10-9-3-1-2-4-11(9)16-12(10)7-8/h1-7H,(H,14,15). The first-order valence-corrected chi connectivity index (χ1v) is 5.72. The maximum absolute atomic E-state index is 10.9. The first kappa shape index (κ1) is 9.36. The highest BCUT2D eigenvalue weighted by Crippen LogP contribution is 2.33. The summed E-state index contributed by atoms with van der Waals surface area (Å²) in [6.45, 7) is 0. The lowest BCUT2D eigenvalue weighted by Crippen LogP contribution is -1.94. The van der Waals surface area contributed by atoms with Crippen molar-refractivity contribution in [3.63, 3.8) is 0 Å². The van der Waals surface area contributed by atoms with Crippen LogP contribution in [-0.2, 0) is 0 Å². The van der Waals surface area contributed by atoms with Crippen LogP contribution in [0.1, 0.15) is 10.4 Å². The minimum Gasteiger partial charge on any atom is -0.478 e. The van der Waals surface area contributed by atoms with E-state index >= 15 is 0 Å². The molecule has 0 unspecified atom stereocenters. The molecule has 1 N–H and O–H groups in total. The summed E-state index contributed by atoms with van der Waals surface area (Å²) in [6.07, 6.45) is 0. The summed E-state index contributed by atoms with van der Waals surface area (Å²) in [6, 6.07) is 13.4. The van der Waals surface area contributed by atoms with Gasteiger partial charge in [-0.1, -0.05) is 24.3 Å². The summed E-state index contributed by atoms with van der Waals surface area (Å²) < 4.78 is 2.22. The van der Waals surface area contributed by atoms with Gasteiger partial charge in [0.25, 0.3) is 0 Å². The number of thiophene rings is 1. The molecule has 3 heteroatoms. The van der Waals surface area contributed by atoms with Gasteiger partial charge < -0.3 is 5.11 Å². The Morgan fingerprint density at radius 2 is 1.75 bits per heavy atom. The van der Waals surface area contributed by atoms with Crippen molar-refractivity contribution in [3.05, 3.63) is 48.0 Å². The van der Waals surface area contributed by atoms with Crippen LogP contribution in [0.15, 0.2) is 42.5 Å². The zero-order valence-electron chi connectivity index (χ0n) is 8.31. The first-order chi connectivity index (χ1) is 7.75. The predicted molar refractivity (Wildman–Crippen MR) is 66.3 cm³/mol. The van der Waals surface area contributed by atoms with E-state index in [0.717, 1.165) is 10.1 Å². The Balaban J connectivity index is 2.41. The summed E-state index contributed by atoms with van der Waals surface area (Å²) in [5.41, 5.74) is 0.346. The lowest BCUT2D eigenvalue weighted by Gasteiger charge is -1.94. The quantitative estimate of drug-likeness (QED) is 0.688. The summed E-state index contributed by atoms with van der Waals surface area (Å²) in [7, 11) is 0. The summed E-state index contributed by atoms with van der Waals surface area (Å²) >= 11 is 1.63. The van der Waals surface area contributed by atoms with Crippen LogP contribution in [0, 0.1) is 0 Å². The van der Waals surface area contributed by atoms with Crippen LogP contribution in [0.3, 0.4) is 0 Å². The molecule has 3 aromatic rings. The normalized spacial score (nSPS) is 11.0. The van der Waals surface area contributed by atoms with E-state index in [9.17, 15) is 4.79 Å². The number of carbonyl (C=O) groups is 1. The molecular weight excluding hydrogens is 220 g/mol. The maximum atomic E-state index is 10.9. The van der Waals surface area contributed by atoms with Crippen molar-refractivity contribution in [1.82, 2.24) is 0 Å². The highest BCUT2D eigenvalue weighted by Gasteiger charge is 2.07. The fourth-order valence-corrected chi connectivity index (χ4v) is 3.00. The van der Waals surface area contributed by atoms with Crippen molar-refractivity contribution in [2.75, 3.05) is 0 Å². The summed E-state index contributed by atoms with van der Waals surface area (Å²) in [5, 5.41) is 11.2. The Kier molecular flexibility index (Phi) is 1.94. The highest BCUT2D eigenvalue weighted by molar-refractivity contribution is 7.25. The SMILES string of the molecule is O=C(O)c1ccc2c(c1)sc1ccccc12. The van der Waals surface area contributed by atoms with Gasteiger partial charge in [-0.25, -0.2) is 4.79 Å². The number of benzene rings is 2. The van der Waals surface area contributed by atoms with Crippen molar-refractivity contribution < 1.29 is 9.90 Å². The van der Waals surface area contributed by atoms with Gasteiger partial charge in [-0.3, -0.25) is 0 Å². The van der Waals surface area contributed by atoms with Gasteiger partial charge in [-0.15, -0.1) is 11.3 Å². The van der Waals surface area contributed by atoms with Crippen LogP contribution in [0.25, 0.3) is 20.2 Å². The smallest absolute Gasteiger partial charge is 0.335 e. The average Bonchev–Trinajstić information content (AvgIpc) is 2.66. The number of aromatic carboxylic acids is 1. The van der Waals surface area contributed by atoms with Crippen molar-refractivity contribution in [2.45, 2.75) is 0 Å². The minimum atomic E-state index is -0.876. The Morgan fingerprint density at radius 1 is 1.00 bits per heavy atom. The Hall–Kier alpha value is -1.87. The molecule has 0 saturated carbocycles. The Morgan fingerprint density at radius 3 is 2.56 bits per heavy atom. The van der Waals surface area contributed by atoms with Gasteiger partial charge in [0.2, 0.25) is 0 Å². The van der Waals surface area contributed by atoms with E-state index in [1.807, 2.05) is 18.2 Å². The molecule has 0 spiro atoms. The third-order valence-corrected chi connectivity index (χ3v) is 3.76. The molecule has 1 aromatic heterocycles. The molecule has 16 heavy (non-hydrogen) atoms. The van der Waals surface area contributed by atoms with Gasteiger partial charge >= 0.3 is 5.97 Å². The molecule has 3 rings (SSSR count). The molecule has 78 valence electrons. The molecular formula is C13H8O2S.